The molecule has 0 heteroatoms. The molecule has 0 N–H and O–H groups in total. The van der Waals surface area contributed by atoms with E-state index in [0.29, 0.717) is 0 Å². The van der Waals surface area contributed by atoms with E-state index in [1.807, 2.05) is 12.2 Å². The zero-order valence-electron chi connectivity index (χ0n) is 31.3. The zero-order valence-corrected chi connectivity index (χ0v) is 31.3. The number of allylic oxidation sites excluding steroid dienone is 5. The molecule has 0 spiro atoms. The summed E-state index contributed by atoms with van der Waals surface area (Å²) >= 11 is 0. The highest BCUT2D eigenvalue weighted by Crippen LogP contribution is 2.48. The zero-order chi connectivity index (χ0) is 37.0. The molecule has 260 valence electrons. The van der Waals surface area contributed by atoms with Crippen LogP contribution in [0.15, 0.2) is 195 Å². The van der Waals surface area contributed by atoms with Gasteiger partial charge in [-0.25, -0.2) is 0 Å². The van der Waals surface area contributed by atoms with E-state index in [9.17, 15) is 0 Å². The smallest absolute Gasteiger partial charge is 0.00235 e. The van der Waals surface area contributed by atoms with Crippen molar-refractivity contribution in [3.05, 3.63) is 211 Å². The molecular weight excluding hydrogens is 649 g/mol. The first kappa shape index (κ1) is 34.6. The van der Waals surface area contributed by atoms with E-state index in [1.54, 1.807) is 0 Å². The average Bonchev–Trinajstić information content (AvgIpc) is 3.22. The van der Waals surface area contributed by atoms with E-state index in [2.05, 4.69) is 203 Å². The predicted octanol–water partition coefficient (Wildman–Crippen LogP) is 15.5. The normalized spacial score (nSPS) is 11.8. The van der Waals surface area contributed by atoms with E-state index in [4.69, 9.17) is 0 Å². The third kappa shape index (κ3) is 6.42. The van der Waals surface area contributed by atoms with Crippen LogP contribution in [0.2, 0.25) is 0 Å². The Labute approximate surface area is 320 Å². The Balaban J connectivity index is 1.49. The standard InChI is InChI=1S/C54H44/c1-5-7-22-39(19-6-2)45-27-15-17-29-47(45)41-31-33-49-51(35-41)53(43-25-13-11-20-37(43)3)50-34-32-42(36-52(50)54(49)44-26-14-12-21-38(44)4)48-30-18-16-28-46(48)40-23-9-8-10-24-40/h5,7-36H,1,6H2,2-4H3. The summed E-state index contributed by atoms with van der Waals surface area (Å²) in [6.07, 6.45) is 9.30. The molecule has 0 amide bonds. The number of aryl methyl sites for hydroxylation is 2. The minimum Gasteiger partial charge on any atom is -0.0991 e. The number of benzene rings is 8. The van der Waals surface area contributed by atoms with Crippen molar-refractivity contribution in [2.75, 3.05) is 0 Å². The van der Waals surface area contributed by atoms with Crippen LogP contribution in [0.1, 0.15) is 30.0 Å². The number of rotatable bonds is 9. The highest BCUT2D eigenvalue weighted by molar-refractivity contribution is 6.23. The second kappa shape index (κ2) is 15.2. The van der Waals surface area contributed by atoms with Gasteiger partial charge in [-0.15, -0.1) is 0 Å². The lowest BCUT2D eigenvalue weighted by Gasteiger charge is -2.22. The monoisotopic (exact) mass is 692 g/mol. The summed E-state index contributed by atoms with van der Waals surface area (Å²) in [5, 5.41) is 5.01. The molecule has 0 unspecified atom stereocenters. The van der Waals surface area contributed by atoms with Gasteiger partial charge in [-0.3, -0.25) is 0 Å². The molecule has 0 heterocycles. The Bertz CT molecular complexity index is 2720. The van der Waals surface area contributed by atoms with Gasteiger partial charge in [0.15, 0.2) is 0 Å². The summed E-state index contributed by atoms with van der Waals surface area (Å²) < 4.78 is 0. The number of hydrogen-bond acceptors (Lipinski definition) is 0. The summed E-state index contributed by atoms with van der Waals surface area (Å²) in [7, 11) is 0. The van der Waals surface area contributed by atoms with E-state index in [-0.39, 0.29) is 0 Å². The quantitative estimate of drug-likeness (QED) is 0.104. The van der Waals surface area contributed by atoms with Crippen molar-refractivity contribution in [3.63, 3.8) is 0 Å². The lowest BCUT2D eigenvalue weighted by atomic mass is 9.81. The Morgan fingerprint density at radius 1 is 0.463 bits per heavy atom. The van der Waals surface area contributed by atoms with Gasteiger partial charge in [-0.05, 0) is 132 Å². The van der Waals surface area contributed by atoms with Crippen LogP contribution < -0.4 is 0 Å². The third-order valence-electron chi connectivity index (χ3n) is 10.7. The van der Waals surface area contributed by atoms with Crippen LogP contribution in [-0.4, -0.2) is 0 Å². The fraction of sp³-hybridized carbons (Fsp3) is 0.0741. The summed E-state index contributed by atoms with van der Waals surface area (Å²) in [5.74, 6) is 0. The fourth-order valence-electron chi connectivity index (χ4n) is 8.10. The molecule has 0 bridgehead atoms. The Hall–Kier alpha value is -6.50. The third-order valence-corrected chi connectivity index (χ3v) is 10.7. The SMILES string of the molecule is C=CC=CC(=CCC)c1ccccc1-c1ccc2c(-c3ccccc3C)c3cc(-c4ccccc4-c4ccccc4)ccc3c(-c3ccccc3C)c2c1. The summed E-state index contributed by atoms with van der Waals surface area (Å²) in [5.41, 5.74) is 17.3. The highest BCUT2D eigenvalue weighted by atomic mass is 14.2. The van der Waals surface area contributed by atoms with E-state index >= 15 is 0 Å². The maximum atomic E-state index is 3.94. The minimum absolute atomic E-state index is 0.948. The van der Waals surface area contributed by atoms with Crippen molar-refractivity contribution in [3.8, 4) is 55.6 Å². The molecule has 0 aromatic heterocycles. The first-order chi connectivity index (χ1) is 26.6. The van der Waals surface area contributed by atoms with Gasteiger partial charge >= 0.3 is 0 Å². The largest absolute Gasteiger partial charge is 0.0991 e. The molecule has 0 saturated carbocycles. The molecule has 0 aliphatic rings. The molecule has 0 saturated heterocycles. The molecule has 0 aliphatic carbocycles. The van der Waals surface area contributed by atoms with Crippen molar-refractivity contribution < 1.29 is 0 Å². The molecular formula is C54H44. The van der Waals surface area contributed by atoms with Gasteiger partial charge < -0.3 is 0 Å². The first-order valence-electron chi connectivity index (χ1n) is 19.0. The fourth-order valence-corrected chi connectivity index (χ4v) is 8.10. The van der Waals surface area contributed by atoms with Gasteiger partial charge in [0.1, 0.15) is 0 Å². The Morgan fingerprint density at radius 3 is 1.46 bits per heavy atom. The van der Waals surface area contributed by atoms with Crippen LogP contribution >= 0.6 is 0 Å². The van der Waals surface area contributed by atoms with E-state index in [0.717, 1.165) is 6.42 Å². The average molecular weight is 693 g/mol. The van der Waals surface area contributed by atoms with Crippen LogP contribution in [0.25, 0.3) is 82.8 Å². The number of hydrogen-bond donors (Lipinski definition) is 0. The maximum absolute atomic E-state index is 3.94. The van der Waals surface area contributed by atoms with Crippen LogP contribution in [0.5, 0.6) is 0 Å². The summed E-state index contributed by atoms with van der Waals surface area (Å²) in [6.45, 7) is 10.6. The molecule has 8 aromatic rings. The highest BCUT2D eigenvalue weighted by Gasteiger charge is 2.21. The first-order valence-corrected chi connectivity index (χ1v) is 19.0. The van der Waals surface area contributed by atoms with Gasteiger partial charge in [0, 0.05) is 0 Å². The number of fused-ring (bicyclic) bond motifs is 2. The van der Waals surface area contributed by atoms with Gasteiger partial charge in [0.25, 0.3) is 0 Å². The molecule has 0 fully saturated rings. The van der Waals surface area contributed by atoms with Crippen molar-refractivity contribution in [1.82, 2.24) is 0 Å². The topological polar surface area (TPSA) is 0 Å². The van der Waals surface area contributed by atoms with Gasteiger partial charge in [0.05, 0.1) is 0 Å². The molecule has 0 atom stereocenters. The maximum Gasteiger partial charge on any atom is -0.00235 e. The van der Waals surface area contributed by atoms with Crippen LogP contribution in [0.4, 0.5) is 0 Å². The van der Waals surface area contributed by atoms with Gasteiger partial charge in [-0.1, -0.05) is 189 Å². The van der Waals surface area contributed by atoms with Crippen molar-refractivity contribution in [1.29, 1.82) is 0 Å². The second-order valence-corrected chi connectivity index (χ2v) is 14.0. The van der Waals surface area contributed by atoms with Crippen LogP contribution in [-0.2, 0) is 0 Å². The predicted molar refractivity (Wildman–Crippen MR) is 236 cm³/mol. The second-order valence-electron chi connectivity index (χ2n) is 14.0. The van der Waals surface area contributed by atoms with E-state index < -0.39 is 0 Å². The lowest BCUT2D eigenvalue weighted by molar-refractivity contribution is 1.23. The van der Waals surface area contributed by atoms with Crippen molar-refractivity contribution in [2.24, 2.45) is 0 Å². The molecule has 0 aliphatic heterocycles. The molecule has 8 rings (SSSR count). The van der Waals surface area contributed by atoms with Crippen molar-refractivity contribution in [2.45, 2.75) is 27.2 Å². The Morgan fingerprint density at radius 2 is 0.926 bits per heavy atom. The van der Waals surface area contributed by atoms with E-state index in [1.165, 1.54) is 99.4 Å². The Kier molecular flexibility index (Phi) is 9.75. The van der Waals surface area contributed by atoms with Crippen LogP contribution in [0, 0.1) is 13.8 Å². The van der Waals surface area contributed by atoms with Crippen LogP contribution in [0.3, 0.4) is 0 Å². The molecule has 54 heavy (non-hydrogen) atoms. The summed E-state index contributed by atoms with van der Waals surface area (Å²) in [4.78, 5) is 0. The lowest BCUT2D eigenvalue weighted by Crippen LogP contribution is -1.95. The molecule has 0 nitrogen and oxygen atoms in total. The molecule has 8 aromatic carbocycles. The molecule has 0 radical (unpaired) electrons. The van der Waals surface area contributed by atoms with Gasteiger partial charge in [-0.2, -0.15) is 0 Å². The van der Waals surface area contributed by atoms with Gasteiger partial charge in [0.2, 0.25) is 0 Å². The van der Waals surface area contributed by atoms with Crippen molar-refractivity contribution >= 4 is 27.1 Å². The minimum atomic E-state index is 0.948. The summed E-state index contributed by atoms with van der Waals surface area (Å²) in [6, 6.07) is 60.3.